The third-order valence-electron chi connectivity index (χ3n) is 6.87. The van der Waals surface area contributed by atoms with E-state index in [0.29, 0.717) is 45.2 Å². The lowest BCUT2D eigenvalue weighted by atomic mass is 9.96. The van der Waals surface area contributed by atoms with Crippen LogP contribution in [0.4, 0.5) is 33.5 Å². The zero-order valence-electron chi connectivity index (χ0n) is 25.6. The van der Waals surface area contributed by atoms with E-state index in [1.165, 1.54) is 4.90 Å². The smallest absolute Gasteiger partial charge is 0.417 e. The number of benzene rings is 1. The molecule has 0 saturated heterocycles. The molecule has 1 aliphatic heterocycles. The molecule has 0 aliphatic carbocycles. The van der Waals surface area contributed by atoms with E-state index in [2.05, 4.69) is 25.6 Å². The van der Waals surface area contributed by atoms with Crippen molar-refractivity contribution in [3.05, 3.63) is 28.8 Å². The molecule has 0 fully saturated rings. The van der Waals surface area contributed by atoms with Crippen molar-refractivity contribution in [1.82, 2.24) is 25.2 Å². The largest absolute Gasteiger partial charge is 0.474 e. The summed E-state index contributed by atoms with van der Waals surface area (Å²) in [5, 5.41) is 6.21. The fourth-order valence-corrected chi connectivity index (χ4v) is 4.69. The Hall–Kier alpha value is -4.01. The van der Waals surface area contributed by atoms with Crippen LogP contribution in [0.15, 0.2) is 6.07 Å². The second-order valence-electron chi connectivity index (χ2n) is 9.73. The van der Waals surface area contributed by atoms with Gasteiger partial charge >= 0.3 is 12.2 Å². The average Bonchev–Trinajstić information content (AvgIpc) is 3.01. The van der Waals surface area contributed by atoms with Gasteiger partial charge in [-0.25, -0.2) is 13.8 Å². The number of hydrogen-bond acceptors (Lipinski definition) is 9. The molecule has 3 heterocycles. The van der Waals surface area contributed by atoms with Gasteiger partial charge in [-0.1, -0.05) is 13.8 Å². The molecule has 1 aromatic carbocycles. The predicted molar refractivity (Wildman–Crippen MR) is 158 cm³/mol. The van der Waals surface area contributed by atoms with Gasteiger partial charge in [0.2, 0.25) is 5.88 Å². The van der Waals surface area contributed by atoms with E-state index in [4.69, 9.17) is 15.2 Å². The summed E-state index contributed by atoms with van der Waals surface area (Å²) in [7, 11) is 0. The maximum Gasteiger partial charge on any atom is 0.417 e. The number of carbonyl (C=O) groups is 1. The van der Waals surface area contributed by atoms with Gasteiger partial charge in [-0.2, -0.15) is 23.1 Å². The second-order valence-corrected chi connectivity index (χ2v) is 9.73. The van der Waals surface area contributed by atoms with Crippen LogP contribution < -0.4 is 25.8 Å². The van der Waals surface area contributed by atoms with E-state index in [9.17, 15) is 22.4 Å². The van der Waals surface area contributed by atoms with E-state index >= 15 is 4.39 Å². The number of nitrogens with two attached hydrogens (primary N) is 1. The van der Waals surface area contributed by atoms with Gasteiger partial charge in [0, 0.05) is 31.7 Å². The lowest BCUT2D eigenvalue weighted by Gasteiger charge is -2.21. The zero-order valence-corrected chi connectivity index (χ0v) is 25.6. The molecule has 0 radical (unpaired) electrons. The SMILES string of the molecule is CC.CCN(CC)C(=O)COc1nc2c3c(nc(-c4cc(N)c(F)c(C)c4C(F)(F)F)c(F)c3n1)OC(C)CCNCCN2. The third-order valence-corrected chi connectivity index (χ3v) is 6.87. The molecule has 1 amide bonds. The minimum atomic E-state index is -5.08. The van der Waals surface area contributed by atoms with Gasteiger partial charge in [0.1, 0.15) is 28.2 Å². The summed E-state index contributed by atoms with van der Waals surface area (Å²) >= 11 is 0. The highest BCUT2D eigenvalue weighted by atomic mass is 19.4. The molecule has 0 bridgehead atoms. The molecule has 10 nitrogen and oxygen atoms in total. The number of ether oxygens (including phenoxy) is 2. The molecular formula is C29H38F5N7O3. The van der Waals surface area contributed by atoms with E-state index in [-0.39, 0.29) is 23.0 Å². The highest BCUT2D eigenvalue weighted by Gasteiger charge is 2.39. The van der Waals surface area contributed by atoms with Crippen LogP contribution in [0.2, 0.25) is 0 Å². The quantitative estimate of drug-likeness (QED) is 0.246. The maximum atomic E-state index is 16.3. The summed E-state index contributed by atoms with van der Waals surface area (Å²) in [6.07, 6.45) is -5.08. The Morgan fingerprint density at radius 3 is 2.43 bits per heavy atom. The Bertz CT molecular complexity index is 1480. The Kier molecular flexibility index (Phi) is 11.5. The van der Waals surface area contributed by atoms with Crippen molar-refractivity contribution in [3.8, 4) is 23.1 Å². The van der Waals surface area contributed by atoms with E-state index < -0.39 is 70.1 Å². The standard InChI is InChI=1S/C27H32F5N7O3.C2H6/c1-5-39(6-2)17(40)12-41-26-37-23-18-24(38-26)35-10-9-34-8-7-13(3)42-25(18)36-22(21(23)29)15-11-16(33)20(28)14(4)19(15)27(30,31)32;1-2/h11,13,34H,5-10,12,33H2,1-4H3,(H,35,37,38);1-2H3. The summed E-state index contributed by atoms with van der Waals surface area (Å²) in [4.78, 5) is 26.6. The monoisotopic (exact) mass is 627 g/mol. The molecule has 3 aromatic rings. The highest BCUT2D eigenvalue weighted by molar-refractivity contribution is 5.96. The first-order chi connectivity index (χ1) is 20.9. The van der Waals surface area contributed by atoms with Crippen LogP contribution >= 0.6 is 0 Å². The fourth-order valence-electron chi connectivity index (χ4n) is 4.69. The number of anilines is 2. The summed E-state index contributed by atoms with van der Waals surface area (Å²) in [5.74, 6) is -3.10. The zero-order chi connectivity index (χ0) is 32.8. The minimum Gasteiger partial charge on any atom is -0.474 e. The van der Waals surface area contributed by atoms with Crippen molar-refractivity contribution in [3.63, 3.8) is 0 Å². The van der Waals surface area contributed by atoms with Gasteiger partial charge in [-0.15, -0.1) is 0 Å². The molecule has 15 heteroatoms. The molecule has 242 valence electrons. The number of amides is 1. The Labute approximate surface area is 252 Å². The van der Waals surface area contributed by atoms with Crippen LogP contribution in [0.5, 0.6) is 11.9 Å². The first-order valence-corrected chi connectivity index (χ1v) is 14.5. The number of nitrogens with zero attached hydrogens (tertiary/aromatic N) is 4. The number of hydrogen-bond donors (Lipinski definition) is 3. The van der Waals surface area contributed by atoms with Crippen molar-refractivity contribution in [2.24, 2.45) is 0 Å². The van der Waals surface area contributed by atoms with Crippen LogP contribution in [-0.2, 0) is 11.0 Å². The maximum absolute atomic E-state index is 16.3. The normalized spacial score (nSPS) is 15.3. The second kappa shape index (κ2) is 14.6. The van der Waals surface area contributed by atoms with Gasteiger partial charge in [-0.05, 0) is 52.3 Å². The van der Waals surface area contributed by atoms with Gasteiger partial charge in [-0.3, -0.25) is 4.79 Å². The number of carbonyl (C=O) groups excluding carboxylic acids is 1. The number of nitrogens with one attached hydrogen (secondary N) is 2. The number of halogens is 5. The molecular weight excluding hydrogens is 589 g/mol. The van der Waals surface area contributed by atoms with Gasteiger partial charge in [0.25, 0.3) is 5.91 Å². The van der Waals surface area contributed by atoms with Crippen LogP contribution in [0, 0.1) is 18.6 Å². The molecule has 1 atom stereocenters. The molecule has 1 aliphatic rings. The van der Waals surface area contributed by atoms with Crippen molar-refractivity contribution < 1.29 is 36.2 Å². The van der Waals surface area contributed by atoms with Crippen molar-refractivity contribution >= 4 is 28.3 Å². The summed E-state index contributed by atoms with van der Waals surface area (Å²) in [6, 6.07) is 0.294. The number of pyridine rings is 1. The molecule has 2 aromatic heterocycles. The number of alkyl halides is 3. The molecule has 4 rings (SSSR count). The van der Waals surface area contributed by atoms with Crippen LogP contribution in [0.3, 0.4) is 0 Å². The van der Waals surface area contributed by atoms with Crippen molar-refractivity contribution in [2.75, 3.05) is 50.4 Å². The van der Waals surface area contributed by atoms with Gasteiger partial charge < -0.3 is 30.7 Å². The molecule has 1 unspecified atom stereocenters. The first-order valence-electron chi connectivity index (χ1n) is 14.5. The topological polar surface area (TPSA) is 128 Å². The Morgan fingerprint density at radius 2 is 1.80 bits per heavy atom. The Morgan fingerprint density at radius 1 is 1.11 bits per heavy atom. The number of likely N-dealkylation sites (N-methyl/N-ethyl adjacent to an activating group) is 1. The van der Waals surface area contributed by atoms with Crippen LogP contribution in [0.1, 0.15) is 52.2 Å². The predicted octanol–water partition coefficient (Wildman–Crippen LogP) is 5.33. The number of aromatic nitrogens is 3. The van der Waals surface area contributed by atoms with Gasteiger partial charge in [0.15, 0.2) is 12.4 Å². The molecule has 0 spiro atoms. The number of nitrogen functional groups attached to an aromatic ring is 1. The van der Waals surface area contributed by atoms with E-state index in [1.807, 2.05) is 13.8 Å². The third kappa shape index (κ3) is 7.37. The van der Waals surface area contributed by atoms with Crippen LogP contribution in [0.25, 0.3) is 22.2 Å². The molecule has 44 heavy (non-hydrogen) atoms. The minimum absolute atomic E-state index is 0.0345. The summed E-state index contributed by atoms with van der Waals surface area (Å²) < 4.78 is 85.0. The molecule has 0 saturated carbocycles. The summed E-state index contributed by atoms with van der Waals surface area (Å²) in [5.41, 5.74) is 0.771. The highest BCUT2D eigenvalue weighted by Crippen LogP contribution is 2.44. The Balaban J connectivity index is 0.00000259. The van der Waals surface area contributed by atoms with Crippen molar-refractivity contribution in [2.45, 2.75) is 60.2 Å². The van der Waals surface area contributed by atoms with Crippen molar-refractivity contribution in [1.29, 1.82) is 0 Å². The van der Waals surface area contributed by atoms with Crippen LogP contribution in [-0.4, -0.2) is 71.2 Å². The molecule has 4 N–H and O–H groups in total. The fraction of sp³-hybridized carbons (Fsp3) is 0.517. The van der Waals surface area contributed by atoms with E-state index in [1.54, 1.807) is 20.8 Å². The van der Waals surface area contributed by atoms with E-state index in [0.717, 1.165) is 6.92 Å². The lowest BCUT2D eigenvalue weighted by molar-refractivity contribution is -0.137. The summed E-state index contributed by atoms with van der Waals surface area (Å²) in [6.45, 7) is 12.0. The first kappa shape index (κ1) is 34.5. The number of rotatable bonds is 6. The van der Waals surface area contributed by atoms with Gasteiger partial charge in [0.05, 0.1) is 17.4 Å². The average molecular weight is 628 g/mol. The lowest BCUT2D eigenvalue weighted by Crippen LogP contribution is -2.34.